The SMILES string of the molecule is CCC(=O)c1ccc(Oc2ccc(Br)cc2F)cn1. The van der Waals surface area contributed by atoms with Gasteiger partial charge in [-0.3, -0.25) is 4.79 Å². The van der Waals surface area contributed by atoms with Gasteiger partial charge in [0.1, 0.15) is 11.4 Å². The van der Waals surface area contributed by atoms with Gasteiger partial charge < -0.3 is 4.74 Å². The number of aromatic nitrogens is 1. The van der Waals surface area contributed by atoms with Gasteiger partial charge in [0, 0.05) is 10.9 Å². The third kappa shape index (κ3) is 3.38. The highest BCUT2D eigenvalue weighted by Gasteiger charge is 2.08. The topological polar surface area (TPSA) is 39.2 Å². The molecule has 1 aromatic heterocycles. The Morgan fingerprint density at radius 3 is 2.74 bits per heavy atom. The third-order valence-electron chi connectivity index (χ3n) is 2.46. The summed E-state index contributed by atoms with van der Waals surface area (Å²) in [6.07, 6.45) is 1.80. The van der Waals surface area contributed by atoms with Crippen LogP contribution in [0.15, 0.2) is 41.0 Å². The number of rotatable bonds is 4. The van der Waals surface area contributed by atoms with E-state index in [9.17, 15) is 9.18 Å². The highest BCUT2D eigenvalue weighted by Crippen LogP contribution is 2.26. The molecular weight excluding hydrogens is 313 g/mol. The van der Waals surface area contributed by atoms with Crippen LogP contribution in [0.4, 0.5) is 4.39 Å². The van der Waals surface area contributed by atoms with Crippen LogP contribution in [0, 0.1) is 5.82 Å². The normalized spacial score (nSPS) is 10.3. The smallest absolute Gasteiger partial charge is 0.180 e. The molecule has 0 bridgehead atoms. The first-order valence-electron chi connectivity index (χ1n) is 5.72. The van der Waals surface area contributed by atoms with E-state index < -0.39 is 5.82 Å². The molecule has 0 unspecified atom stereocenters. The second-order valence-corrected chi connectivity index (χ2v) is 4.75. The number of benzene rings is 1. The molecule has 3 nitrogen and oxygen atoms in total. The largest absolute Gasteiger partial charge is 0.453 e. The van der Waals surface area contributed by atoms with E-state index in [0.29, 0.717) is 22.3 Å². The van der Waals surface area contributed by atoms with E-state index in [1.54, 1.807) is 25.1 Å². The number of hydrogen-bond acceptors (Lipinski definition) is 3. The molecule has 0 amide bonds. The fourth-order valence-electron chi connectivity index (χ4n) is 1.47. The molecule has 0 fully saturated rings. The minimum Gasteiger partial charge on any atom is -0.453 e. The molecule has 5 heteroatoms. The summed E-state index contributed by atoms with van der Waals surface area (Å²) < 4.78 is 19.6. The number of carbonyl (C=O) groups is 1. The molecule has 0 aliphatic carbocycles. The van der Waals surface area contributed by atoms with Gasteiger partial charge in [-0.2, -0.15) is 0 Å². The van der Waals surface area contributed by atoms with Gasteiger partial charge in [0.2, 0.25) is 0 Å². The molecule has 0 saturated heterocycles. The molecule has 1 heterocycles. The van der Waals surface area contributed by atoms with Crippen LogP contribution in [0.2, 0.25) is 0 Å². The lowest BCUT2D eigenvalue weighted by Gasteiger charge is -2.07. The van der Waals surface area contributed by atoms with E-state index >= 15 is 0 Å². The van der Waals surface area contributed by atoms with E-state index in [1.165, 1.54) is 18.3 Å². The van der Waals surface area contributed by atoms with E-state index in [1.807, 2.05) is 0 Å². The molecule has 0 N–H and O–H groups in total. The van der Waals surface area contributed by atoms with Gasteiger partial charge in [-0.15, -0.1) is 0 Å². The summed E-state index contributed by atoms with van der Waals surface area (Å²) in [4.78, 5) is 15.4. The molecule has 0 aliphatic rings. The minimum atomic E-state index is -0.469. The van der Waals surface area contributed by atoms with Crippen molar-refractivity contribution >= 4 is 21.7 Å². The molecule has 2 rings (SSSR count). The maximum absolute atomic E-state index is 13.6. The van der Waals surface area contributed by atoms with Crippen molar-refractivity contribution in [3.63, 3.8) is 0 Å². The van der Waals surface area contributed by atoms with Gasteiger partial charge in [-0.1, -0.05) is 22.9 Å². The van der Waals surface area contributed by atoms with Gasteiger partial charge in [0.25, 0.3) is 0 Å². The van der Waals surface area contributed by atoms with Crippen LogP contribution >= 0.6 is 15.9 Å². The number of nitrogens with zero attached hydrogens (tertiary/aromatic N) is 1. The van der Waals surface area contributed by atoms with E-state index in [-0.39, 0.29) is 11.5 Å². The van der Waals surface area contributed by atoms with Crippen molar-refractivity contribution in [2.24, 2.45) is 0 Å². The predicted octanol–water partition coefficient (Wildman–Crippen LogP) is 4.37. The molecule has 19 heavy (non-hydrogen) atoms. The van der Waals surface area contributed by atoms with Crippen molar-refractivity contribution in [2.75, 3.05) is 0 Å². The van der Waals surface area contributed by atoms with Crippen LogP contribution in [-0.2, 0) is 0 Å². The van der Waals surface area contributed by atoms with E-state index in [4.69, 9.17) is 4.74 Å². The first-order chi connectivity index (χ1) is 9.10. The average molecular weight is 324 g/mol. The fraction of sp³-hybridized carbons (Fsp3) is 0.143. The van der Waals surface area contributed by atoms with Crippen LogP contribution in [0.25, 0.3) is 0 Å². The maximum Gasteiger partial charge on any atom is 0.180 e. The Morgan fingerprint density at radius 1 is 1.37 bits per heavy atom. The predicted molar refractivity (Wildman–Crippen MR) is 73.0 cm³/mol. The summed E-state index contributed by atoms with van der Waals surface area (Å²) in [5, 5.41) is 0. The Hall–Kier alpha value is -1.75. The van der Waals surface area contributed by atoms with Crippen LogP contribution in [0.3, 0.4) is 0 Å². The fourth-order valence-corrected chi connectivity index (χ4v) is 1.80. The molecule has 0 atom stereocenters. The number of carbonyl (C=O) groups excluding carboxylic acids is 1. The van der Waals surface area contributed by atoms with Gasteiger partial charge in [-0.05, 0) is 30.3 Å². The van der Waals surface area contributed by atoms with E-state index in [0.717, 1.165) is 0 Å². The monoisotopic (exact) mass is 323 g/mol. The number of hydrogen-bond donors (Lipinski definition) is 0. The highest BCUT2D eigenvalue weighted by molar-refractivity contribution is 9.10. The van der Waals surface area contributed by atoms with Crippen molar-refractivity contribution in [3.05, 3.63) is 52.5 Å². The lowest BCUT2D eigenvalue weighted by atomic mass is 10.2. The Labute approximate surface area is 118 Å². The number of halogens is 2. The third-order valence-corrected chi connectivity index (χ3v) is 2.96. The molecule has 1 aromatic carbocycles. The first kappa shape index (κ1) is 13.7. The van der Waals surface area contributed by atoms with Crippen molar-refractivity contribution in [3.8, 4) is 11.5 Å². The molecule has 0 aliphatic heterocycles. The van der Waals surface area contributed by atoms with Crippen LogP contribution in [0.5, 0.6) is 11.5 Å². The molecule has 0 spiro atoms. The standard InChI is InChI=1S/C14H11BrFNO2/c1-2-13(18)12-5-4-10(8-17-12)19-14-6-3-9(15)7-11(14)16/h3-8H,2H2,1H3. The lowest BCUT2D eigenvalue weighted by molar-refractivity contribution is 0.0983. The van der Waals surface area contributed by atoms with Gasteiger partial charge >= 0.3 is 0 Å². The summed E-state index contributed by atoms with van der Waals surface area (Å²) in [6.45, 7) is 1.77. The second kappa shape index (κ2) is 5.93. The zero-order valence-corrected chi connectivity index (χ0v) is 11.8. The Kier molecular flexibility index (Phi) is 4.27. The van der Waals surface area contributed by atoms with Crippen LogP contribution in [0.1, 0.15) is 23.8 Å². The van der Waals surface area contributed by atoms with E-state index in [2.05, 4.69) is 20.9 Å². The number of pyridine rings is 1. The van der Waals surface area contributed by atoms with Crippen molar-refractivity contribution < 1.29 is 13.9 Å². The van der Waals surface area contributed by atoms with Gasteiger partial charge in [-0.25, -0.2) is 9.37 Å². The summed E-state index contributed by atoms with van der Waals surface area (Å²) >= 11 is 3.17. The van der Waals surface area contributed by atoms with Gasteiger partial charge in [0.05, 0.1) is 6.20 Å². The Bertz CT molecular complexity index is 599. The lowest BCUT2D eigenvalue weighted by Crippen LogP contribution is -1.99. The summed E-state index contributed by atoms with van der Waals surface area (Å²) in [6, 6.07) is 7.68. The molecule has 98 valence electrons. The summed E-state index contributed by atoms with van der Waals surface area (Å²) in [5.74, 6) is -0.0158. The van der Waals surface area contributed by atoms with Crippen molar-refractivity contribution in [1.29, 1.82) is 0 Å². The quantitative estimate of drug-likeness (QED) is 0.784. The zero-order chi connectivity index (χ0) is 13.8. The maximum atomic E-state index is 13.6. The molecule has 2 aromatic rings. The minimum absolute atomic E-state index is 0.0404. The Morgan fingerprint density at radius 2 is 2.16 bits per heavy atom. The Balaban J connectivity index is 2.17. The van der Waals surface area contributed by atoms with Crippen LogP contribution < -0.4 is 4.74 Å². The number of ketones is 1. The first-order valence-corrected chi connectivity index (χ1v) is 6.51. The summed E-state index contributed by atoms with van der Waals surface area (Å²) in [5.41, 5.74) is 0.381. The molecule has 0 saturated carbocycles. The zero-order valence-electron chi connectivity index (χ0n) is 10.2. The summed E-state index contributed by atoms with van der Waals surface area (Å²) in [7, 11) is 0. The average Bonchev–Trinajstić information content (AvgIpc) is 2.42. The van der Waals surface area contributed by atoms with Crippen molar-refractivity contribution in [2.45, 2.75) is 13.3 Å². The van der Waals surface area contributed by atoms with Gasteiger partial charge in [0.15, 0.2) is 17.3 Å². The van der Waals surface area contributed by atoms with Crippen LogP contribution in [-0.4, -0.2) is 10.8 Å². The second-order valence-electron chi connectivity index (χ2n) is 3.83. The highest BCUT2D eigenvalue weighted by atomic mass is 79.9. The number of Topliss-reactive ketones (excluding diaryl/α,β-unsaturated/α-hetero) is 1. The molecule has 0 radical (unpaired) electrons. The van der Waals surface area contributed by atoms with Crippen molar-refractivity contribution in [1.82, 2.24) is 4.98 Å². The molecular formula is C14H11BrFNO2. The number of ether oxygens (including phenoxy) is 1.